The number of hydrogen-bond donors (Lipinski definition) is 0. The van der Waals surface area contributed by atoms with Crippen LogP contribution in [0.3, 0.4) is 0 Å². The van der Waals surface area contributed by atoms with Crippen LogP contribution in [0, 0.1) is 5.82 Å². The largest absolute Gasteiger partial charge is 0.494 e. The number of halogens is 1. The second-order valence-corrected chi connectivity index (χ2v) is 6.36. The molecular formula is C20H16FNO4S. The molecule has 0 amide bonds. The molecule has 1 heterocycles. The Morgan fingerprint density at radius 1 is 1.07 bits per heavy atom. The van der Waals surface area contributed by atoms with Crippen molar-refractivity contribution < 1.29 is 23.5 Å². The summed E-state index contributed by atoms with van der Waals surface area (Å²) in [7, 11) is 0. The van der Waals surface area contributed by atoms with Gasteiger partial charge in [0.2, 0.25) is 0 Å². The summed E-state index contributed by atoms with van der Waals surface area (Å²) in [6.07, 6.45) is 0. The number of Topliss-reactive ketones (excluding diaryl/α,β-unsaturated/α-hetero) is 1. The molecule has 0 radical (unpaired) electrons. The summed E-state index contributed by atoms with van der Waals surface area (Å²) in [5, 5.41) is 2.11. The molecule has 0 atom stereocenters. The first-order valence-corrected chi connectivity index (χ1v) is 9.09. The van der Waals surface area contributed by atoms with E-state index in [4.69, 9.17) is 9.47 Å². The van der Waals surface area contributed by atoms with E-state index in [1.54, 1.807) is 41.8 Å². The van der Waals surface area contributed by atoms with Crippen molar-refractivity contribution in [1.29, 1.82) is 0 Å². The molecule has 0 saturated carbocycles. The van der Waals surface area contributed by atoms with Crippen LogP contribution in [0.2, 0.25) is 0 Å². The highest BCUT2D eigenvalue weighted by atomic mass is 32.1. The van der Waals surface area contributed by atoms with Gasteiger partial charge in [-0.15, -0.1) is 11.3 Å². The standard InChI is InChI=1S/C20H16FNO4S/c1-2-25-16-9-5-13(6-10-16)18(23)11-26-20(24)17-12-27-19(22-17)14-3-7-15(21)8-4-14/h3-10,12H,2,11H2,1H3. The maximum atomic E-state index is 13.0. The predicted molar refractivity (Wildman–Crippen MR) is 99.7 cm³/mol. The van der Waals surface area contributed by atoms with Crippen LogP contribution < -0.4 is 4.74 Å². The first-order chi connectivity index (χ1) is 13.1. The van der Waals surface area contributed by atoms with E-state index in [1.807, 2.05) is 6.92 Å². The molecule has 0 aliphatic heterocycles. The third-order valence-electron chi connectivity index (χ3n) is 3.63. The fraction of sp³-hybridized carbons (Fsp3) is 0.150. The number of carbonyl (C=O) groups excluding carboxylic acids is 2. The number of esters is 1. The predicted octanol–water partition coefficient (Wildman–Crippen LogP) is 4.39. The summed E-state index contributed by atoms with van der Waals surface area (Å²) in [5.41, 5.74) is 1.24. The van der Waals surface area contributed by atoms with E-state index < -0.39 is 5.97 Å². The van der Waals surface area contributed by atoms with Gasteiger partial charge in [-0.2, -0.15) is 0 Å². The van der Waals surface area contributed by atoms with Gasteiger partial charge in [0.05, 0.1) is 6.61 Å². The molecule has 0 bridgehead atoms. The van der Waals surface area contributed by atoms with Gasteiger partial charge in [0.1, 0.15) is 16.6 Å². The van der Waals surface area contributed by atoms with Crippen LogP contribution in [0.1, 0.15) is 27.8 Å². The van der Waals surface area contributed by atoms with Crippen LogP contribution in [0.25, 0.3) is 10.6 Å². The van der Waals surface area contributed by atoms with Gasteiger partial charge < -0.3 is 9.47 Å². The van der Waals surface area contributed by atoms with E-state index in [1.165, 1.54) is 23.5 Å². The molecule has 2 aromatic carbocycles. The van der Waals surface area contributed by atoms with Crippen LogP contribution in [0.15, 0.2) is 53.9 Å². The van der Waals surface area contributed by atoms with Crippen LogP contribution in [-0.2, 0) is 4.74 Å². The highest BCUT2D eigenvalue weighted by molar-refractivity contribution is 7.13. The Kier molecular flexibility index (Phi) is 5.93. The van der Waals surface area contributed by atoms with E-state index in [0.717, 1.165) is 0 Å². The third-order valence-corrected chi connectivity index (χ3v) is 4.52. The first-order valence-electron chi connectivity index (χ1n) is 8.21. The zero-order valence-corrected chi connectivity index (χ0v) is 15.3. The van der Waals surface area contributed by atoms with Crippen molar-refractivity contribution in [3.63, 3.8) is 0 Å². The fourth-order valence-corrected chi connectivity index (χ4v) is 3.08. The number of nitrogens with zero attached hydrogens (tertiary/aromatic N) is 1. The Morgan fingerprint density at radius 3 is 2.44 bits per heavy atom. The molecular weight excluding hydrogens is 369 g/mol. The third kappa shape index (κ3) is 4.77. The number of ketones is 1. The number of aromatic nitrogens is 1. The van der Waals surface area contributed by atoms with E-state index in [2.05, 4.69) is 4.98 Å². The maximum Gasteiger partial charge on any atom is 0.358 e. The second kappa shape index (κ2) is 8.55. The molecule has 138 valence electrons. The minimum Gasteiger partial charge on any atom is -0.494 e. The van der Waals surface area contributed by atoms with Gasteiger partial charge >= 0.3 is 5.97 Å². The summed E-state index contributed by atoms with van der Waals surface area (Å²) in [5.74, 6) is -0.677. The van der Waals surface area contributed by atoms with Gasteiger partial charge in [-0.3, -0.25) is 4.79 Å². The Bertz CT molecular complexity index is 935. The molecule has 27 heavy (non-hydrogen) atoms. The molecule has 0 N–H and O–H groups in total. The number of carbonyl (C=O) groups is 2. The summed E-state index contributed by atoms with van der Waals surface area (Å²) >= 11 is 1.24. The van der Waals surface area contributed by atoms with Crippen LogP contribution >= 0.6 is 11.3 Å². The van der Waals surface area contributed by atoms with Crippen LogP contribution in [-0.4, -0.2) is 30.0 Å². The summed E-state index contributed by atoms with van der Waals surface area (Å²) in [4.78, 5) is 28.4. The minimum absolute atomic E-state index is 0.110. The Labute approximate surface area is 159 Å². The van der Waals surface area contributed by atoms with Crippen molar-refractivity contribution in [1.82, 2.24) is 4.98 Å². The van der Waals surface area contributed by atoms with Gasteiger partial charge in [0, 0.05) is 16.5 Å². The zero-order chi connectivity index (χ0) is 19.2. The number of benzene rings is 2. The molecule has 0 saturated heterocycles. The van der Waals surface area contributed by atoms with Crippen molar-refractivity contribution in [2.24, 2.45) is 0 Å². The highest BCUT2D eigenvalue weighted by Gasteiger charge is 2.16. The zero-order valence-electron chi connectivity index (χ0n) is 14.5. The van der Waals surface area contributed by atoms with Crippen LogP contribution in [0.5, 0.6) is 5.75 Å². The molecule has 3 aromatic rings. The Morgan fingerprint density at radius 2 is 1.78 bits per heavy atom. The molecule has 0 unspecified atom stereocenters. The summed E-state index contributed by atoms with van der Waals surface area (Å²) in [6, 6.07) is 12.4. The lowest BCUT2D eigenvalue weighted by atomic mass is 10.1. The van der Waals surface area contributed by atoms with Gasteiger partial charge in [-0.05, 0) is 55.5 Å². The van der Waals surface area contributed by atoms with E-state index in [9.17, 15) is 14.0 Å². The van der Waals surface area contributed by atoms with Gasteiger partial charge in [-0.1, -0.05) is 0 Å². The lowest BCUT2D eigenvalue weighted by molar-refractivity contribution is 0.0470. The second-order valence-electron chi connectivity index (χ2n) is 5.50. The van der Waals surface area contributed by atoms with Gasteiger partial charge in [-0.25, -0.2) is 14.2 Å². The van der Waals surface area contributed by atoms with Crippen LogP contribution in [0.4, 0.5) is 4.39 Å². The van der Waals surface area contributed by atoms with Crippen molar-refractivity contribution in [2.45, 2.75) is 6.92 Å². The maximum absolute atomic E-state index is 13.0. The number of rotatable bonds is 7. The molecule has 7 heteroatoms. The van der Waals surface area contributed by atoms with Crippen molar-refractivity contribution in [2.75, 3.05) is 13.2 Å². The lowest BCUT2D eigenvalue weighted by Gasteiger charge is -2.05. The molecule has 0 fully saturated rings. The van der Waals surface area contributed by atoms with Crippen molar-refractivity contribution in [3.8, 4) is 16.3 Å². The summed E-state index contributed by atoms with van der Waals surface area (Å²) in [6.45, 7) is 2.03. The molecule has 5 nitrogen and oxygen atoms in total. The van der Waals surface area contributed by atoms with Gasteiger partial charge in [0.15, 0.2) is 18.1 Å². The SMILES string of the molecule is CCOc1ccc(C(=O)COC(=O)c2csc(-c3ccc(F)cc3)n2)cc1. The first kappa shape index (κ1) is 18.7. The lowest BCUT2D eigenvalue weighted by Crippen LogP contribution is -2.14. The molecule has 1 aromatic heterocycles. The smallest absolute Gasteiger partial charge is 0.358 e. The van der Waals surface area contributed by atoms with Gasteiger partial charge in [0.25, 0.3) is 0 Å². The topological polar surface area (TPSA) is 65.5 Å². The van der Waals surface area contributed by atoms with E-state index in [0.29, 0.717) is 28.5 Å². The number of ether oxygens (including phenoxy) is 2. The van der Waals surface area contributed by atoms with Crippen molar-refractivity contribution in [3.05, 3.63) is 71.0 Å². The number of hydrogen-bond acceptors (Lipinski definition) is 6. The molecule has 0 aliphatic carbocycles. The molecule has 0 aliphatic rings. The van der Waals surface area contributed by atoms with E-state index in [-0.39, 0.29) is 23.9 Å². The Hall–Kier alpha value is -3.06. The summed E-state index contributed by atoms with van der Waals surface area (Å²) < 4.78 is 23.4. The quantitative estimate of drug-likeness (QED) is 0.446. The average molecular weight is 385 g/mol. The van der Waals surface area contributed by atoms with E-state index >= 15 is 0 Å². The monoisotopic (exact) mass is 385 g/mol. The molecule has 0 spiro atoms. The fourth-order valence-electron chi connectivity index (χ4n) is 2.28. The minimum atomic E-state index is -0.682. The normalized spacial score (nSPS) is 10.4. The number of thiazole rings is 1. The Balaban J connectivity index is 1.59. The highest BCUT2D eigenvalue weighted by Crippen LogP contribution is 2.24. The molecule has 3 rings (SSSR count). The van der Waals surface area contributed by atoms with Crippen molar-refractivity contribution >= 4 is 23.1 Å². The average Bonchev–Trinajstić information content (AvgIpc) is 3.17.